The Morgan fingerprint density at radius 2 is 0.930 bits per heavy atom. The molecular weight excluding hydrogens is 526 g/mol. The molecule has 6 aromatic carbocycles. The van der Waals surface area contributed by atoms with Crippen LogP contribution >= 0.6 is 0 Å². The summed E-state index contributed by atoms with van der Waals surface area (Å²) in [6, 6.07) is 43.9. The lowest BCUT2D eigenvalue weighted by molar-refractivity contribution is 0.223. The molecule has 43 heavy (non-hydrogen) atoms. The molecule has 1 saturated heterocycles. The molecule has 1 N–H and O–H groups in total. The summed E-state index contributed by atoms with van der Waals surface area (Å²) in [6.07, 6.45) is 2.45. The first-order valence-electron chi connectivity index (χ1n) is 15.5. The molecule has 3 nitrogen and oxygen atoms in total. The number of nitrogens with one attached hydrogen (secondary N) is 1. The summed E-state index contributed by atoms with van der Waals surface area (Å²) in [4.78, 5) is 0. The Kier molecular flexibility index (Phi) is 6.81. The highest BCUT2D eigenvalue weighted by Gasteiger charge is 2.24. The highest BCUT2D eigenvalue weighted by atomic mass is 16.5. The molecule has 2 aliphatic rings. The summed E-state index contributed by atoms with van der Waals surface area (Å²) in [6.45, 7) is 3.32. The summed E-state index contributed by atoms with van der Waals surface area (Å²) in [5.41, 5.74) is 7.39. The van der Waals surface area contributed by atoms with E-state index >= 15 is 0 Å². The van der Waals surface area contributed by atoms with E-state index in [4.69, 9.17) is 9.47 Å². The quantitative estimate of drug-likeness (QED) is 0.234. The number of piperidine rings is 1. The molecule has 3 heteroatoms. The van der Waals surface area contributed by atoms with E-state index in [1.165, 1.54) is 56.6 Å². The second-order valence-corrected chi connectivity index (χ2v) is 11.9. The first-order valence-corrected chi connectivity index (χ1v) is 15.5. The zero-order chi connectivity index (χ0) is 28.6. The molecule has 6 aromatic rings. The molecule has 0 amide bonds. The molecular formula is C40H35NO2. The van der Waals surface area contributed by atoms with Gasteiger partial charge in [-0.15, -0.1) is 0 Å². The van der Waals surface area contributed by atoms with Crippen molar-refractivity contribution in [3.05, 3.63) is 132 Å². The van der Waals surface area contributed by atoms with Crippen molar-refractivity contribution in [1.29, 1.82) is 0 Å². The van der Waals surface area contributed by atoms with Crippen LogP contribution in [-0.4, -0.2) is 26.3 Å². The van der Waals surface area contributed by atoms with Crippen molar-refractivity contribution in [2.24, 2.45) is 0 Å². The minimum Gasteiger partial charge on any atom is -0.492 e. The monoisotopic (exact) mass is 561 g/mol. The number of rotatable bonds is 3. The van der Waals surface area contributed by atoms with Crippen molar-refractivity contribution < 1.29 is 9.47 Å². The summed E-state index contributed by atoms with van der Waals surface area (Å²) in [5, 5.41) is 8.21. The van der Waals surface area contributed by atoms with Crippen molar-refractivity contribution in [3.63, 3.8) is 0 Å². The molecule has 0 atom stereocenters. The molecule has 0 spiro atoms. The van der Waals surface area contributed by atoms with Gasteiger partial charge in [-0.05, 0) is 87.8 Å². The highest BCUT2D eigenvalue weighted by molar-refractivity contribution is 6.09. The van der Waals surface area contributed by atoms with Gasteiger partial charge in [-0.25, -0.2) is 0 Å². The van der Waals surface area contributed by atoms with Gasteiger partial charge >= 0.3 is 0 Å². The van der Waals surface area contributed by atoms with Crippen molar-refractivity contribution in [3.8, 4) is 33.8 Å². The van der Waals surface area contributed by atoms with Crippen LogP contribution in [0.3, 0.4) is 0 Å². The van der Waals surface area contributed by atoms with E-state index in [9.17, 15) is 0 Å². The average molecular weight is 562 g/mol. The summed E-state index contributed by atoms with van der Waals surface area (Å²) in [7, 11) is 0. The molecule has 212 valence electrons. The van der Waals surface area contributed by atoms with Crippen LogP contribution < -0.4 is 14.8 Å². The van der Waals surface area contributed by atoms with Gasteiger partial charge in [-0.3, -0.25) is 0 Å². The van der Waals surface area contributed by atoms with E-state index in [1.807, 2.05) is 0 Å². The van der Waals surface area contributed by atoms with E-state index < -0.39 is 0 Å². The highest BCUT2D eigenvalue weighted by Crippen LogP contribution is 2.46. The lowest BCUT2D eigenvalue weighted by Crippen LogP contribution is -2.26. The molecule has 2 heterocycles. The van der Waals surface area contributed by atoms with Crippen LogP contribution in [0.25, 0.3) is 43.8 Å². The van der Waals surface area contributed by atoms with Gasteiger partial charge in [0.25, 0.3) is 0 Å². The smallest absolute Gasteiger partial charge is 0.127 e. The van der Waals surface area contributed by atoms with Gasteiger partial charge in [0.05, 0.1) is 19.1 Å². The Morgan fingerprint density at radius 1 is 0.465 bits per heavy atom. The predicted molar refractivity (Wildman–Crippen MR) is 177 cm³/mol. The van der Waals surface area contributed by atoms with E-state index in [-0.39, 0.29) is 5.92 Å². The first-order chi connectivity index (χ1) is 21.3. The van der Waals surface area contributed by atoms with Gasteiger partial charge in [-0.2, -0.15) is 0 Å². The summed E-state index contributed by atoms with van der Waals surface area (Å²) in [5.74, 6) is 2.56. The van der Waals surface area contributed by atoms with Crippen LogP contribution in [0.15, 0.2) is 121 Å². The Bertz CT molecular complexity index is 1810. The Hall–Kier alpha value is -4.60. The van der Waals surface area contributed by atoms with Crippen LogP contribution in [0.4, 0.5) is 0 Å². The van der Waals surface area contributed by atoms with Crippen LogP contribution in [0, 0.1) is 0 Å². The number of fused-ring (bicyclic) bond motifs is 7. The normalized spacial score (nSPS) is 15.9. The van der Waals surface area contributed by atoms with Crippen molar-refractivity contribution in [2.45, 2.75) is 24.7 Å². The number of hydrogen-bond donors (Lipinski definition) is 1. The van der Waals surface area contributed by atoms with E-state index in [1.54, 1.807) is 0 Å². The van der Waals surface area contributed by atoms with E-state index in [2.05, 4.69) is 127 Å². The van der Waals surface area contributed by atoms with Gasteiger partial charge in [0, 0.05) is 11.1 Å². The fourth-order valence-electron chi connectivity index (χ4n) is 6.93. The molecule has 0 saturated carbocycles. The second-order valence-electron chi connectivity index (χ2n) is 11.9. The van der Waals surface area contributed by atoms with Gasteiger partial charge in [-0.1, -0.05) is 109 Å². The van der Waals surface area contributed by atoms with Crippen LogP contribution in [0.2, 0.25) is 0 Å². The lowest BCUT2D eigenvalue weighted by atomic mass is 9.89. The molecule has 0 unspecified atom stereocenters. The van der Waals surface area contributed by atoms with Gasteiger partial charge in [0.2, 0.25) is 0 Å². The van der Waals surface area contributed by atoms with Crippen molar-refractivity contribution in [1.82, 2.24) is 5.32 Å². The number of hydrogen-bond acceptors (Lipinski definition) is 3. The van der Waals surface area contributed by atoms with Crippen LogP contribution in [-0.2, 0) is 0 Å². The van der Waals surface area contributed by atoms with E-state index in [0.717, 1.165) is 35.7 Å². The molecule has 0 bridgehead atoms. The molecule has 1 fully saturated rings. The average Bonchev–Trinajstić information content (AvgIpc) is 3.17. The molecule has 0 aliphatic carbocycles. The Morgan fingerprint density at radius 3 is 1.44 bits per heavy atom. The summed E-state index contributed by atoms with van der Waals surface area (Å²) >= 11 is 0. The lowest BCUT2D eigenvalue weighted by Gasteiger charge is -2.23. The van der Waals surface area contributed by atoms with Gasteiger partial charge in [0.15, 0.2) is 0 Å². The minimum absolute atomic E-state index is 0.0908. The zero-order valence-corrected chi connectivity index (χ0v) is 24.3. The third-order valence-corrected chi connectivity index (χ3v) is 9.35. The maximum Gasteiger partial charge on any atom is 0.127 e. The standard InChI is InChI=1S/C40H35NO2/c1-3-7-35-32(5-1)17-19-37-39(35)40-36-8-4-2-6-33(36)18-20-38(40)43-26-34(25-42-37)30-15-13-28(14-16-30)27-9-11-29(12-10-27)31-21-23-41-24-22-31/h1-20,31,34,41H,21-26H2. The second kappa shape index (κ2) is 11.2. The van der Waals surface area contributed by atoms with Crippen LogP contribution in [0.5, 0.6) is 11.5 Å². The fourth-order valence-corrected chi connectivity index (χ4v) is 6.93. The topological polar surface area (TPSA) is 30.5 Å². The third kappa shape index (κ3) is 4.94. The predicted octanol–water partition coefficient (Wildman–Crippen LogP) is 9.35. The number of benzene rings is 6. The Balaban J connectivity index is 1.13. The van der Waals surface area contributed by atoms with Crippen molar-refractivity contribution in [2.75, 3.05) is 26.3 Å². The third-order valence-electron chi connectivity index (χ3n) is 9.35. The minimum atomic E-state index is 0.0908. The largest absolute Gasteiger partial charge is 0.492 e. The zero-order valence-electron chi connectivity index (χ0n) is 24.3. The SMILES string of the molecule is c1ccc2c3c(ccc2c1)OCC(c1ccc(-c2ccc(C4CCNCC4)cc2)cc1)COc1ccc2ccccc2c1-3. The molecule has 8 rings (SSSR count). The Labute approximate surface area is 253 Å². The number of ether oxygens (including phenoxy) is 2. The van der Waals surface area contributed by atoms with E-state index in [0.29, 0.717) is 19.1 Å². The fraction of sp³-hybridized carbons (Fsp3) is 0.200. The first kappa shape index (κ1) is 26.1. The molecule has 2 aliphatic heterocycles. The van der Waals surface area contributed by atoms with Gasteiger partial charge < -0.3 is 14.8 Å². The van der Waals surface area contributed by atoms with Crippen molar-refractivity contribution >= 4 is 21.5 Å². The van der Waals surface area contributed by atoms with Crippen LogP contribution in [0.1, 0.15) is 35.8 Å². The maximum atomic E-state index is 6.69. The molecule has 0 radical (unpaired) electrons. The maximum absolute atomic E-state index is 6.69. The summed E-state index contributed by atoms with van der Waals surface area (Å²) < 4.78 is 13.4. The van der Waals surface area contributed by atoms with Gasteiger partial charge in [0.1, 0.15) is 11.5 Å². The molecule has 0 aromatic heterocycles.